The molecule has 0 saturated carbocycles. The van der Waals surface area contributed by atoms with Crippen LogP contribution in [-0.4, -0.2) is 21.7 Å². The Bertz CT molecular complexity index is 1170. The van der Waals surface area contributed by atoms with Gasteiger partial charge in [-0.2, -0.15) is 10.5 Å². The van der Waals surface area contributed by atoms with Crippen molar-refractivity contribution in [2.45, 2.75) is 29.5 Å². The molecule has 2 aliphatic rings. The molecule has 1 atom stereocenters. The lowest BCUT2D eigenvalue weighted by Crippen LogP contribution is -2.38. The first kappa shape index (κ1) is 20.6. The number of thioether (sulfide) groups is 1. The lowest BCUT2D eigenvalue weighted by molar-refractivity contribution is -0.116. The van der Waals surface area contributed by atoms with Gasteiger partial charge in [-0.25, -0.2) is 0 Å². The highest BCUT2D eigenvalue weighted by molar-refractivity contribution is 9.10. The van der Waals surface area contributed by atoms with E-state index in [1.807, 2.05) is 24.3 Å². The van der Waals surface area contributed by atoms with Gasteiger partial charge in [0, 0.05) is 22.2 Å². The Morgan fingerprint density at radius 2 is 2.10 bits per heavy atom. The molecule has 30 heavy (non-hydrogen) atoms. The SMILES string of the molecule is N#CCSc1nnc(N2C(N)=C(C#N)C(c3ccccc3Br)C3=C2CCCC3=O)s1. The third-order valence-electron chi connectivity index (χ3n) is 4.98. The molecule has 0 saturated heterocycles. The highest BCUT2D eigenvalue weighted by Crippen LogP contribution is 2.48. The number of anilines is 1. The highest BCUT2D eigenvalue weighted by Gasteiger charge is 2.41. The summed E-state index contributed by atoms with van der Waals surface area (Å²) >= 11 is 6.14. The normalized spacial score (nSPS) is 18.8. The van der Waals surface area contributed by atoms with Crippen LogP contribution in [0.2, 0.25) is 0 Å². The maximum Gasteiger partial charge on any atom is 0.219 e. The molecule has 1 aromatic heterocycles. The van der Waals surface area contributed by atoms with Gasteiger partial charge in [0.15, 0.2) is 10.1 Å². The van der Waals surface area contributed by atoms with Crippen LogP contribution in [0.5, 0.6) is 0 Å². The fourth-order valence-corrected chi connectivity index (χ4v) is 5.83. The zero-order chi connectivity index (χ0) is 21.3. The number of rotatable bonds is 4. The second kappa shape index (κ2) is 8.60. The molecule has 2 N–H and O–H groups in total. The Kier molecular flexibility index (Phi) is 5.91. The van der Waals surface area contributed by atoms with Gasteiger partial charge in [-0.3, -0.25) is 9.69 Å². The van der Waals surface area contributed by atoms with Crippen molar-refractivity contribution in [3.8, 4) is 12.1 Å². The van der Waals surface area contributed by atoms with Gasteiger partial charge >= 0.3 is 0 Å². The second-order valence-corrected chi connectivity index (χ2v) is 9.67. The summed E-state index contributed by atoms with van der Waals surface area (Å²) in [7, 11) is 0. The predicted octanol–water partition coefficient (Wildman–Crippen LogP) is 4.22. The summed E-state index contributed by atoms with van der Waals surface area (Å²) < 4.78 is 1.45. The molecule has 0 bridgehead atoms. The van der Waals surface area contributed by atoms with E-state index in [4.69, 9.17) is 11.0 Å². The van der Waals surface area contributed by atoms with E-state index in [0.717, 1.165) is 15.7 Å². The number of nitriles is 2. The molecule has 2 heterocycles. The fourth-order valence-electron chi connectivity index (χ4n) is 3.77. The largest absolute Gasteiger partial charge is 0.384 e. The zero-order valence-corrected chi connectivity index (χ0v) is 18.9. The first-order chi connectivity index (χ1) is 14.6. The minimum absolute atomic E-state index is 0.0193. The van der Waals surface area contributed by atoms with Crippen molar-refractivity contribution in [2.75, 3.05) is 10.7 Å². The standard InChI is InChI=1S/C20H15BrN6OS2/c21-13-5-2-1-4-11(13)16-12(10-23)18(24)27(14-6-3-7-15(28)17(14)16)19-25-26-20(30-19)29-9-8-22/h1-2,4-5,16H,3,6-7,9,24H2. The van der Waals surface area contributed by atoms with E-state index >= 15 is 0 Å². The number of hydrogen-bond acceptors (Lipinski definition) is 9. The van der Waals surface area contributed by atoms with Crippen LogP contribution in [0.4, 0.5) is 5.13 Å². The number of halogens is 1. The molecule has 0 radical (unpaired) electrons. The summed E-state index contributed by atoms with van der Waals surface area (Å²) in [5, 5.41) is 27.7. The Hall–Kier alpha value is -2.66. The van der Waals surface area contributed by atoms with E-state index in [-0.39, 0.29) is 17.4 Å². The zero-order valence-electron chi connectivity index (χ0n) is 15.6. The van der Waals surface area contributed by atoms with Crippen LogP contribution >= 0.6 is 39.0 Å². The molecule has 10 heteroatoms. The summed E-state index contributed by atoms with van der Waals surface area (Å²) in [5.41, 5.74) is 9.03. The molecular formula is C20H15BrN6OS2. The quantitative estimate of drug-likeness (QED) is 0.621. The van der Waals surface area contributed by atoms with Crippen LogP contribution in [0.15, 0.2) is 55.7 Å². The molecule has 0 spiro atoms. The first-order valence-electron chi connectivity index (χ1n) is 9.10. The van der Waals surface area contributed by atoms with E-state index in [0.29, 0.717) is 39.9 Å². The van der Waals surface area contributed by atoms with Crippen molar-refractivity contribution in [2.24, 2.45) is 5.73 Å². The molecule has 1 aliphatic heterocycles. The lowest BCUT2D eigenvalue weighted by atomic mass is 9.76. The molecule has 0 fully saturated rings. The fraction of sp³-hybridized carbons (Fsp3) is 0.250. The van der Waals surface area contributed by atoms with E-state index in [2.05, 4.69) is 38.3 Å². The Morgan fingerprint density at radius 3 is 2.83 bits per heavy atom. The smallest absolute Gasteiger partial charge is 0.219 e. The van der Waals surface area contributed by atoms with Crippen LogP contribution in [0.3, 0.4) is 0 Å². The molecule has 0 amide bonds. The third-order valence-corrected chi connectivity index (χ3v) is 7.61. The maximum atomic E-state index is 13.1. The van der Waals surface area contributed by atoms with Gasteiger partial charge in [0.05, 0.1) is 29.4 Å². The highest BCUT2D eigenvalue weighted by atomic mass is 79.9. The lowest BCUT2D eigenvalue weighted by Gasteiger charge is -2.38. The summed E-state index contributed by atoms with van der Waals surface area (Å²) in [6.07, 6.45) is 1.80. The van der Waals surface area contributed by atoms with E-state index in [1.54, 1.807) is 4.90 Å². The predicted molar refractivity (Wildman–Crippen MR) is 118 cm³/mol. The average Bonchev–Trinajstić information content (AvgIpc) is 3.20. The summed E-state index contributed by atoms with van der Waals surface area (Å²) in [6, 6.07) is 11.9. The van der Waals surface area contributed by atoms with Crippen molar-refractivity contribution in [1.29, 1.82) is 10.5 Å². The molecule has 1 aliphatic carbocycles. The molecule has 2 aromatic rings. The van der Waals surface area contributed by atoms with Gasteiger partial charge in [-0.05, 0) is 24.5 Å². The van der Waals surface area contributed by atoms with Crippen LogP contribution in [-0.2, 0) is 4.79 Å². The third kappa shape index (κ3) is 3.52. The van der Waals surface area contributed by atoms with Gasteiger partial charge in [-0.1, -0.05) is 57.2 Å². The number of carbonyl (C=O) groups excluding carboxylic acids is 1. The molecule has 1 unspecified atom stereocenters. The van der Waals surface area contributed by atoms with Crippen LogP contribution < -0.4 is 10.6 Å². The average molecular weight is 499 g/mol. The number of Topliss-reactive ketones (excluding diaryl/α,β-unsaturated/α-hetero) is 1. The summed E-state index contributed by atoms with van der Waals surface area (Å²) in [6.45, 7) is 0. The van der Waals surface area contributed by atoms with Gasteiger partial charge in [0.2, 0.25) is 5.13 Å². The van der Waals surface area contributed by atoms with E-state index < -0.39 is 5.92 Å². The van der Waals surface area contributed by atoms with Gasteiger partial charge in [-0.15, -0.1) is 10.2 Å². The monoisotopic (exact) mass is 498 g/mol. The Balaban J connectivity index is 1.90. The first-order valence-corrected chi connectivity index (χ1v) is 11.7. The van der Waals surface area contributed by atoms with Crippen molar-refractivity contribution >= 4 is 49.9 Å². The van der Waals surface area contributed by atoms with E-state index in [9.17, 15) is 10.1 Å². The molecule has 150 valence electrons. The molecule has 4 rings (SSSR count). The molecule has 1 aromatic carbocycles. The summed E-state index contributed by atoms with van der Waals surface area (Å²) in [4.78, 5) is 14.8. The number of benzene rings is 1. The number of aromatic nitrogens is 2. The number of carbonyl (C=O) groups is 1. The Labute approximate surface area is 190 Å². The Morgan fingerprint density at radius 1 is 1.30 bits per heavy atom. The van der Waals surface area contributed by atoms with Crippen LogP contribution in [0.1, 0.15) is 30.7 Å². The van der Waals surface area contributed by atoms with Crippen LogP contribution in [0.25, 0.3) is 0 Å². The van der Waals surface area contributed by atoms with Crippen LogP contribution in [0, 0.1) is 22.7 Å². The van der Waals surface area contributed by atoms with Gasteiger partial charge < -0.3 is 5.73 Å². The van der Waals surface area contributed by atoms with Crippen molar-refractivity contribution < 1.29 is 4.79 Å². The number of hydrogen-bond donors (Lipinski definition) is 1. The molecular weight excluding hydrogens is 484 g/mol. The minimum Gasteiger partial charge on any atom is -0.384 e. The second-order valence-electron chi connectivity index (χ2n) is 6.64. The number of nitrogens with two attached hydrogens (primary N) is 1. The van der Waals surface area contributed by atoms with Gasteiger partial charge in [0.1, 0.15) is 5.82 Å². The number of nitrogens with zero attached hydrogens (tertiary/aromatic N) is 5. The van der Waals surface area contributed by atoms with Gasteiger partial charge in [0.25, 0.3) is 0 Å². The maximum absolute atomic E-state index is 13.1. The molecule has 7 nitrogen and oxygen atoms in total. The number of allylic oxidation sites excluding steroid dienone is 3. The minimum atomic E-state index is -0.523. The topological polar surface area (TPSA) is 120 Å². The summed E-state index contributed by atoms with van der Waals surface area (Å²) in [5.74, 6) is 0.0236. The van der Waals surface area contributed by atoms with Crippen molar-refractivity contribution in [3.05, 3.63) is 57.0 Å². The number of ketones is 1. The van der Waals surface area contributed by atoms with E-state index in [1.165, 1.54) is 23.1 Å². The van der Waals surface area contributed by atoms with Crippen molar-refractivity contribution in [1.82, 2.24) is 10.2 Å². The van der Waals surface area contributed by atoms with Crippen molar-refractivity contribution in [3.63, 3.8) is 0 Å².